The maximum atomic E-state index is 12.6. The number of hydrogen-bond acceptors (Lipinski definition) is 2. The standard InChI is InChI=1S/C12H13BrF3NO2/c1-11(2,3)19-17-10(18)8-6-7(12(14,15)16)4-5-9(8)13/h4-6H,1-3H3,(H,17,18). The van der Waals surface area contributed by atoms with Gasteiger partial charge in [-0.1, -0.05) is 0 Å². The topological polar surface area (TPSA) is 38.3 Å². The molecular formula is C12H13BrF3NO2. The summed E-state index contributed by atoms with van der Waals surface area (Å²) >= 11 is 3.03. The lowest BCUT2D eigenvalue weighted by Crippen LogP contribution is -2.33. The van der Waals surface area contributed by atoms with E-state index in [0.717, 1.165) is 12.1 Å². The van der Waals surface area contributed by atoms with Crippen LogP contribution in [0.25, 0.3) is 0 Å². The number of amides is 1. The first-order valence-electron chi connectivity index (χ1n) is 5.36. The second-order valence-electron chi connectivity index (χ2n) is 4.84. The minimum atomic E-state index is -4.50. The van der Waals surface area contributed by atoms with Crippen molar-refractivity contribution in [2.75, 3.05) is 0 Å². The Hall–Kier alpha value is -1.08. The van der Waals surface area contributed by atoms with Gasteiger partial charge in [0.2, 0.25) is 0 Å². The van der Waals surface area contributed by atoms with Gasteiger partial charge >= 0.3 is 6.18 Å². The molecule has 0 aromatic heterocycles. The average Bonchev–Trinajstić information content (AvgIpc) is 2.24. The van der Waals surface area contributed by atoms with Crippen LogP contribution in [0.4, 0.5) is 13.2 Å². The molecule has 1 rings (SSSR count). The lowest BCUT2D eigenvalue weighted by atomic mass is 10.1. The van der Waals surface area contributed by atoms with Crippen LogP contribution in [-0.4, -0.2) is 11.5 Å². The number of halogens is 4. The van der Waals surface area contributed by atoms with Crippen molar-refractivity contribution in [3.63, 3.8) is 0 Å². The maximum absolute atomic E-state index is 12.6. The predicted molar refractivity (Wildman–Crippen MR) is 67.4 cm³/mol. The second kappa shape index (κ2) is 5.50. The van der Waals surface area contributed by atoms with E-state index in [1.807, 2.05) is 0 Å². The van der Waals surface area contributed by atoms with E-state index in [9.17, 15) is 18.0 Å². The molecular weight excluding hydrogens is 327 g/mol. The first-order valence-corrected chi connectivity index (χ1v) is 6.15. The van der Waals surface area contributed by atoms with Gasteiger partial charge in [-0.15, -0.1) is 0 Å². The fourth-order valence-electron chi connectivity index (χ4n) is 1.13. The van der Waals surface area contributed by atoms with Crippen molar-refractivity contribution in [2.24, 2.45) is 0 Å². The van der Waals surface area contributed by atoms with Crippen LogP contribution in [0.5, 0.6) is 0 Å². The van der Waals surface area contributed by atoms with E-state index >= 15 is 0 Å². The van der Waals surface area contributed by atoms with E-state index in [-0.39, 0.29) is 10.0 Å². The van der Waals surface area contributed by atoms with Crippen molar-refractivity contribution in [3.8, 4) is 0 Å². The van der Waals surface area contributed by atoms with Gasteiger partial charge < -0.3 is 0 Å². The van der Waals surface area contributed by atoms with Gasteiger partial charge in [-0.2, -0.15) is 13.2 Å². The summed E-state index contributed by atoms with van der Waals surface area (Å²) in [5.41, 5.74) is 0.455. The van der Waals surface area contributed by atoms with Crippen molar-refractivity contribution < 1.29 is 22.8 Å². The van der Waals surface area contributed by atoms with Gasteiger partial charge in [0.05, 0.1) is 16.7 Å². The molecule has 0 atom stereocenters. The normalized spacial score (nSPS) is 12.4. The molecule has 0 fully saturated rings. The van der Waals surface area contributed by atoms with Gasteiger partial charge in [-0.05, 0) is 54.9 Å². The second-order valence-corrected chi connectivity index (χ2v) is 5.69. The van der Waals surface area contributed by atoms with Gasteiger partial charge in [-0.3, -0.25) is 9.63 Å². The Bertz CT molecular complexity index is 481. The Morgan fingerprint density at radius 2 is 1.84 bits per heavy atom. The monoisotopic (exact) mass is 339 g/mol. The molecule has 0 aliphatic heterocycles. The van der Waals surface area contributed by atoms with Crippen LogP contribution in [-0.2, 0) is 11.0 Å². The summed E-state index contributed by atoms with van der Waals surface area (Å²) < 4.78 is 37.9. The number of benzene rings is 1. The zero-order valence-corrected chi connectivity index (χ0v) is 12.1. The van der Waals surface area contributed by atoms with E-state index in [2.05, 4.69) is 21.4 Å². The Labute approximate surface area is 117 Å². The Morgan fingerprint density at radius 3 is 2.32 bits per heavy atom. The third kappa shape index (κ3) is 4.83. The Morgan fingerprint density at radius 1 is 1.26 bits per heavy atom. The highest BCUT2D eigenvalue weighted by Gasteiger charge is 2.31. The van der Waals surface area contributed by atoms with Gasteiger partial charge in [-0.25, -0.2) is 5.48 Å². The molecule has 0 saturated carbocycles. The molecule has 1 aromatic rings. The summed E-state index contributed by atoms with van der Waals surface area (Å²) in [6, 6.07) is 2.84. The third-order valence-electron chi connectivity index (χ3n) is 1.99. The number of hydroxylamine groups is 1. The lowest BCUT2D eigenvalue weighted by Gasteiger charge is -2.19. The van der Waals surface area contributed by atoms with Crippen LogP contribution < -0.4 is 5.48 Å². The molecule has 1 amide bonds. The van der Waals surface area contributed by atoms with Crippen molar-refractivity contribution in [1.82, 2.24) is 5.48 Å². The Kier molecular flexibility index (Phi) is 4.63. The molecule has 1 N–H and O–H groups in total. The van der Waals surface area contributed by atoms with Crippen molar-refractivity contribution in [3.05, 3.63) is 33.8 Å². The van der Waals surface area contributed by atoms with Gasteiger partial charge in [0, 0.05) is 4.47 Å². The average molecular weight is 340 g/mol. The summed E-state index contributed by atoms with van der Waals surface area (Å²) in [5.74, 6) is -0.743. The minimum absolute atomic E-state index is 0.140. The molecule has 0 aliphatic rings. The minimum Gasteiger partial charge on any atom is -0.268 e. The molecule has 0 saturated heterocycles. The summed E-state index contributed by atoms with van der Waals surface area (Å²) in [4.78, 5) is 16.8. The third-order valence-corrected chi connectivity index (χ3v) is 2.68. The number of hydrogen-bond donors (Lipinski definition) is 1. The number of rotatable bonds is 2. The Balaban J connectivity index is 2.97. The van der Waals surface area contributed by atoms with E-state index < -0.39 is 23.2 Å². The van der Waals surface area contributed by atoms with Crippen LogP contribution in [0.2, 0.25) is 0 Å². The van der Waals surface area contributed by atoms with Crippen LogP contribution in [0.15, 0.2) is 22.7 Å². The summed E-state index contributed by atoms with van der Waals surface area (Å²) in [5, 5.41) is 0. The molecule has 0 bridgehead atoms. The van der Waals surface area contributed by atoms with Gasteiger partial charge in [0.1, 0.15) is 0 Å². The molecule has 0 heterocycles. The predicted octanol–water partition coefficient (Wildman–Crippen LogP) is 3.93. The molecule has 1 aromatic carbocycles. The molecule has 19 heavy (non-hydrogen) atoms. The molecule has 0 spiro atoms. The maximum Gasteiger partial charge on any atom is 0.416 e. The summed E-state index contributed by atoms with van der Waals surface area (Å²) in [6.07, 6.45) is -4.50. The van der Waals surface area contributed by atoms with E-state index in [0.29, 0.717) is 0 Å². The van der Waals surface area contributed by atoms with E-state index in [1.165, 1.54) is 6.07 Å². The fraction of sp³-hybridized carbons (Fsp3) is 0.417. The lowest BCUT2D eigenvalue weighted by molar-refractivity contribution is -0.137. The van der Waals surface area contributed by atoms with Gasteiger partial charge in [0.15, 0.2) is 0 Å². The first kappa shape index (κ1) is 16.0. The van der Waals surface area contributed by atoms with Crippen molar-refractivity contribution >= 4 is 21.8 Å². The first-order chi connectivity index (χ1) is 8.50. The highest BCUT2D eigenvalue weighted by Crippen LogP contribution is 2.31. The molecule has 0 aliphatic carbocycles. The highest BCUT2D eigenvalue weighted by molar-refractivity contribution is 9.10. The number of alkyl halides is 3. The summed E-state index contributed by atoms with van der Waals surface area (Å²) in [6.45, 7) is 5.11. The van der Waals surface area contributed by atoms with Crippen LogP contribution in [0.3, 0.4) is 0 Å². The molecule has 0 unspecified atom stereocenters. The van der Waals surface area contributed by atoms with Crippen LogP contribution in [0.1, 0.15) is 36.7 Å². The van der Waals surface area contributed by atoms with Crippen molar-refractivity contribution in [2.45, 2.75) is 32.5 Å². The summed E-state index contributed by atoms with van der Waals surface area (Å²) in [7, 11) is 0. The molecule has 7 heteroatoms. The fourth-order valence-corrected chi connectivity index (χ4v) is 1.56. The van der Waals surface area contributed by atoms with E-state index in [4.69, 9.17) is 4.84 Å². The van der Waals surface area contributed by atoms with Crippen LogP contribution >= 0.6 is 15.9 Å². The SMILES string of the molecule is CC(C)(C)ONC(=O)c1cc(C(F)(F)F)ccc1Br. The molecule has 106 valence electrons. The smallest absolute Gasteiger partial charge is 0.268 e. The number of nitrogens with one attached hydrogen (secondary N) is 1. The number of carbonyl (C=O) groups excluding carboxylic acids is 1. The number of carbonyl (C=O) groups is 1. The van der Waals surface area contributed by atoms with Crippen molar-refractivity contribution in [1.29, 1.82) is 0 Å². The van der Waals surface area contributed by atoms with Gasteiger partial charge in [0.25, 0.3) is 5.91 Å². The quantitative estimate of drug-likeness (QED) is 0.829. The molecule has 3 nitrogen and oxygen atoms in total. The largest absolute Gasteiger partial charge is 0.416 e. The highest BCUT2D eigenvalue weighted by atomic mass is 79.9. The zero-order chi connectivity index (χ0) is 14.8. The zero-order valence-electron chi connectivity index (χ0n) is 10.6. The van der Waals surface area contributed by atoms with Crippen LogP contribution in [0, 0.1) is 0 Å². The van der Waals surface area contributed by atoms with E-state index in [1.54, 1.807) is 20.8 Å². The molecule has 0 radical (unpaired) electrons.